The van der Waals surface area contributed by atoms with Crippen LogP contribution in [0.4, 0.5) is 9.39 Å². The summed E-state index contributed by atoms with van der Waals surface area (Å²) in [5, 5.41) is 6.23. The third-order valence-electron chi connectivity index (χ3n) is 6.34. The maximum absolute atomic E-state index is 13.4. The number of fused-ring (bicyclic) bond motifs is 3. The van der Waals surface area contributed by atoms with Gasteiger partial charge in [-0.15, -0.1) is 29.3 Å². The van der Waals surface area contributed by atoms with Crippen LogP contribution in [0.15, 0.2) is 52.3 Å². The Labute approximate surface area is 236 Å². The van der Waals surface area contributed by atoms with Crippen LogP contribution in [0, 0.1) is 5.82 Å². The summed E-state index contributed by atoms with van der Waals surface area (Å²) in [6.07, 6.45) is 4.77. The Morgan fingerprint density at radius 3 is 2.82 bits per heavy atom. The summed E-state index contributed by atoms with van der Waals surface area (Å²) in [6.45, 7) is 6.01. The molecular weight excluding hydrogens is 558 g/mol. The molecule has 0 saturated heterocycles. The number of nitrogens with one attached hydrogen (secondary N) is 1. The highest BCUT2D eigenvalue weighted by Crippen LogP contribution is 2.37. The van der Waals surface area contributed by atoms with E-state index in [0.29, 0.717) is 33.6 Å². The van der Waals surface area contributed by atoms with Gasteiger partial charge in [-0.2, -0.15) is 0 Å². The summed E-state index contributed by atoms with van der Waals surface area (Å²) < 4.78 is 20.3. The second kappa shape index (κ2) is 11.8. The van der Waals surface area contributed by atoms with Crippen LogP contribution in [-0.2, 0) is 28.9 Å². The highest BCUT2D eigenvalue weighted by Gasteiger charge is 2.24. The van der Waals surface area contributed by atoms with Gasteiger partial charge in [0.1, 0.15) is 21.2 Å². The van der Waals surface area contributed by atoms with Crippen LogP contribution in [0.2, 0.25) is 0 Å². The van der Waals surface area contributed by atoms with E-state index in [-0.39, 0.29) is 35.9 Å². The first-order valence-electron chi connectivity index (χ1n) is 12.5. The number of aryl methyl sites for hydroxylation is 2. The topological polar surface area (TPSA) is 90.3 Å². The van der Waals surface area contributed by atoms with Gasteiger partial charge in [0, 0.05) is 34.5 Å². The lowest BCUT2D eigenvalue weighted by Gasteiger charge is -2.11. The first-order chi connectivity index (χ1) is 18.9. The molecule has 0 fully saturated rings. The summed E-state index contributed by atoms with van der Waals surface area (Å²) in [4.78, 5) is 45.7. The van der Waals surface area contributed by atoms with Gasteiger partial charge in [-0.1, -0.05) is 30.0 Å². The fraction of sp³-hybridized carbons (Fsp3) is 0.286. The minimum Gasteiger partial charge on any atom is -0.462 e. The van der Waals surface area contributed by atoms with Crippen molar-refractivity contribution in [3.63, 3.8) is 0 Å². The average molecular weight is 584 g/mol. The number of ether oxygens (including phenoxy) is 1. The van der Waals surface area contributed by atoms with E-state index in [0.717, 1.165) is 35.0 Å². The van der Waals surface area contributed by atoms with E-state index in [1.54, 1.807) is 46.4 Å². The van der Waals surface area contributed by atoms with Gasteiger partial charge in [0.25, 0.3) is 5.56 Å². The number of carbonyl (C=O) groups is 2. The van der Waals surface area contributed by atoms with Crippen molar-refractivity contribution in [2.75, 3.05) is 17.7 Å². The van der Waals surface area contributed by atoms with Crippen molar-refractivity contribution in [2.45, 2.75) is 44.3 Å². The fourth-order valence-corrected chi connectivity index (χ4v) is 7.80. The highest BCUT2D eigenvalue weighted by atomic mass is 32.2. The number of hydrogen-bond acceptors (Lipinski definition) is 8. The molecule has 0 unspecified atom stereocenters. The largest absolute Gasteiger partial charge is 0.462 e. The maximum Gasteiger partial charge on any atom is 0.341 e. The van der Waals surface area contributed by atoms with Gasteiger partial charge in [0.15, 0.2) is 5.16 Å². The molecular formula is C28H26FN3O4S3. The van der Waals surface area contributed by atoms with Crippen LogP contribution in [-0.4, -0.2) is 33.8 Å². The van der Waals surface area contributed by atoms with Crippen LogP contribution in [0.1, 0.15) is 40.6 Å². The number of aromatic nitrogens is 2. The number of amides is 1. The number of thioether (sulfide) groups is 1. The van der Waals surface area contributed by atoms with Crippen molar-refractivity contribution < 1.29 is 18.7 Å². The third-order valence-corrected chi connectivity index (χ3v) is 9.40. The molecule has 1 amide bonds. The Bertz CT molecular complexity index is 1620. The molecule has 3 aromatic heterocycles. The highest BCUT2D eigenvalue weighted by molar-refractivity contribution is 7.99. The van der Waals surface area contributed by atoms with Crippen molar-refractivity contribution >= 4 is 61.5 Å². The standard InChI is InChI=1S/C28H26FN3O4S3/c1-3-13-32-26(34)22-18-6-5-7-20(18)39-25(22)31-28(32)37-14-12-21(33)30-24-23(27(35)36-4-2)19(15-38-24)16-8-10-17(29)11-9-16/h3,8-11,15H,1,4-7,12-14H2,2H3,(H,30,33). The second-order valence-electron chi connectivity index (χ2n) is 8.86. The SMILES string of the molecule is C=CCn1c(SCCC(=O)Nc2scc(-c3ccc(F)cc3)c2C(=O)OCC)nc2sc3c(c2c1=O)CCC3. The molecule has 0 atom stereocenters. The Kier molecular flexibility index (Phi) is 8.29. The zero-order valence-corrected chi connectivity index (χ0v) is 23.7. The van der Waals surface area contributed by atoms with Gasteiger partial charge in [-0.05, 0) is 49.4 Å². The number of benzene rings is 1. The van der Waals surface area contributed by atoms with E-state index in [1.807, 2.05) is 0 Å². The first-order valence-corrected chi connectivity index (χ1v) is 15.2. The molecule has 1 aliphatic carbocycles. The molecule has 39 heavy (non-hydrogen) atoms. The van der Waals surface area contributed by atoms with Crippen molar-refractivity contribution in [3.05, 3.63) is 74.5 Å². The molecule has 0 saturated carbocycles. The predicted octanol–water partition coefficient (Wildman–Crippen LogP) is 6.30. The van der Waals surface area contributed by atoms with E-state index in [4.69, 9.17) is 9.72 Å². The van der Waals surface area contributed by atoms with Gasteiger partial charge in [0.2, 0.25) is 5.91 Å². The van der Waals surface area contributed by atoms with E-state index in [1.165, 1.54) is 40.1 Å². The number of halogens is 1. The third kappa shape index (κ3) is 5.57. The maximum atomic E-state index is 13.4. The predicted molar refractivity (Wildman–Crippen MR) is 156 cm³/mol. The molecule has 5 rings (SSSR count). The van der Waals surface area contributed by atoms with Crippen LogP contribution < -0.4 is 10.9 Å². The number of carbonyl (C=O) groups excluding carboxylic acids is 2. The second-order valence-corrected chi connectivity index (χ2v) is 11.9. The molecule has 1 N–H and O–H groups in total. The Hall–Kier alpha value is -3.28. The van der Waals surface area contributed by atoms with Gasteiger partial charge in [0.05, 0.1) is 12.0 Å². The Balaban J connectivity index is 1.32. The van der Waals surface area contributed by atoms with Crippen molar-refractivity contribution in [3.8, 4) is 11.1 Å². The fourth-order valence-electron chi connectivity index (χ4n) is 4.58. The molecule has 4 aromatic rings. The number of hydrogen-bond donors (Lipinski definition) is 1. The van der Waals surface area contributed by atoms with E-state index in [2.05, 4.69) is 11.9 Å². The minimum absolute atomic E-state index is 0.0581. The molecule has 0 radical (unpaired) electrons. The number of rotatable bonds is 10. The Morgan fingerprint density at radius 2 is 2.08 bits per heavy atom. The molecule has 1 aromatic carbocycles. The summed E-state index contributed by atoms with van der Waals surface area (Å²) in [5.74, 6) is -0.837. The number of nitrogens with zero attached hydrogens (tertiary/aromatic N) is 2. The van der Waals surface area contributed by atoms with Crippen LogP contribution in [0.25, 0.3) is 21.3 Å². The van der Waals surface area contributed by atoms with Gasteiger partial charge in [-0.3, -0.25) is 14.2 Å². The number of allylic oxidation sites excluding steroid dienone is 1. The van der Waals surface area contributed by atoms with Crippen molar-refractivity contribution in [1.29, 1.82) is 0 Å². The zero-order chi connectivity index (χ0) is 27.5. The van der Waals surface area contributed by atoms with Crippen LogP contribution in [0.3, 0.4) is 0 Å². The Morgan fingerprint density at radius 1 is 1.28 bits per heavy atom. The number of thiophene rings is 2. The van der Waals surface area contributed by atoms with E-state index in [9.17, 15) is 18.8 Å². The summed E-state index contributed by atoms with van der Waals surface area (Å²) in [5.41, 5.74) is 2.53. The van der Waals surface area contributed by atoms with Crippen molar-refractivity contribution in [2.24, 2.45) is 0 Å². The molecule has 202 valence electrons. The summed E-state index contributed by atoms with van der Waals surface area (Å²) in [6, 6.07) is 5.80. The van der Waals surface area contributed by atoms with Gasteiger partial charge < -0.3 is 10.1 Å². The normalized spacial score (nSPS) is 12.5. The van der Waals surface area contributed by atoms with Crippen LogP contribution >= 0.6 is 34.4 Å². The zero-order valence-electron chi connectivity index (χ0n) is 21.3. The molecule has 7 nitrogen and oxygen atoms in total. The van der Waals surface area contributed by atoms with Gasteiger partial charge in [-0.25, -0.2) is 14.2 Å². The molecule has 0 spiro atoms. The number of anilines is 1. The summed E-state index contributed by atoms with van der Waals surface area (Å²) >= 11 is 4.14. The minimum atomic E-state index is -0.559. The average Bonchev–Trinajstić information content (AvgIpc) is 3.61. The monoisotopic (exact) mass is 583 g/mol. The van der Waals surface area contributed by atoms with Crippen LogP contribution in [0.5, 0.6) is 0 Å². The molecule has 11 heteroatoms. The summed E-state index contributed by atoms with van der Waals surface area (Å²) in [7, 11) is 0. The molecule has 0 aliphatic heterocycles. The first kappa shape index (κ1) is 27.3. The quantitative estimate of drug-likeness (QED) is 0.102. The van der Waals surface area contributed by atoms with Crippen molar-refractivity contribution in [1.82, 2.24) is 9.55 Å². The van der Waals surface area contributed by atoms with E-state index >= 15 is 0 Å². The molecule has 1 aliphatic rings. The van der Waals surface area contributed by atoms with Gasteiger partial charge >= 0.3 is 5.97 Å². The lowest BCUT2D eigenvalue weighted by atomic mass is 10.0. The lowest BCUT2D eigenvalue weighted by molar-refractivity contribution is -0.115. The molecule has 0 bridgehead atoms. The lowest BCUT2D eigenvalue weighted by Crippen LogP contribution is -2.23. The van der Waals surface area contributed by atoms with E-state index < -0.39 is 5.97 Å². The molecule has 3 heterocycles. The number of esters is 1. The smallest absolute Gasteiger partial charge is 0.341 e.